The van der Waals surface area contributed by atoms with E-state index in [4.69, 9.17) is 8.60 Å². The van der Waals surface area contributed by atoms with E-state index in [1.807, 2.05) is 4.72 Å². The molecular formula is C21H21F4N5O6S. The Labute approximate surface area is 207 Å². The monoisotopic (exact) mass is 547 g/mol. The lowest BCUT2D eigenvalue weighted by molar-refractivity contribution is -0.137. The molecule has 4 atom stereocenters. The van der Waals surface area contributed by atoms with E-state index in [9.17, 15) is 35.9 Å². The van der Waals surface area contributed by atoms with E-state index < -0.39 is 52.2 Å². The molecule has 0 unspecified atom stereocenters. The SMILES string of the molecule is CNS(=O)(=O)O[C@@H]1C[C@@H](Nc2ncncc2C(=O)c2ccn(Cc3cc(C(F)(F)F)co3)c2)[C@@H](F)[C@@H]1O. The lowest BCUT2D eigenvalue weighted by Crippen LogP contribution is -2.35. The molecule has 16 heteroatoms. The van der Waals surface area contributed by atoms with Gasteiger partial charge in [0.25, 0.3) is 0 Å². The highest BCUT2D eigenvalue weighted by Crippen LogP contribution is 2.32. The molecule has 0 saturated heterocycles. The van der Waals surface area contributed by atoms with Gasteiger partial charge in [-0.1, -0.05) is 0 Å². The average molecular weight is 547 g/mol. The summed E-state index contributed by atoms with van der Waals surface area (Å²) < 4.78 is 89.4. The molecule has 0 aliphatic heterocycles. The zero-order chi connectivity index (χ0) is 27.0. The highest BCUT2D eigenvalue weighted by molar-refractivity contribution is 7.84. The second kappa shape index (κ2) is 10.2. The van der Waals surface area contributed by atoms with Crippen molar-refractivity contribution in [3.8, 4) is 0 Å². The Bertz CT molecular complexity index is 1380. The fraction of sp³-hybridized carbons (Fsp3) is 0.381. The van der Waals surface area contributed by atoms with Gasteiger partial charge >= 0.3 is 16.5 Å². The zero-order valence-corrected chi connectivity index (χ0v) is 19.8. The number of furan rings is 1. The van der Waals surface area contributed by atoms with Crippen LogP contribution in [0.1, 0.15) is 33.7 Å². The van der Waals surface area contributed by atoms with E-state index in [-0.39, 0.29) is 35.7 Å². The van der Waals surface area contributed by atoms with Crippen LogP contribution in [0.15, 0.2) is 47.7 Å². The van der Waals surface area contributed by atoms with Crippen molar-refractivity contribution in [2.24, 2.45) is 0 Å². The summed E-state index contributed by atoms with van der Waals surface area (Å²) in [6.07, 6.45) is -4.11. The maximum absolute atomic E-state index is 14.7. The van der Waals surface area contributed by atoms with Crippen molar-refractivity contribution in [2.75, 3.05) is 12.4 Å². The highest BCUT2D eigenvalue weighted by atomic mass is 32.2. The smallest absolute Gasteiger partial charge is 0.419 e. The Morgan fingerprint density at radius 1 is 1.38 bits per heavy atom. The van der Waals surface area contributed by atoms with Crippen LogP contribution in [0.4, 0.5) is 23.4 Å². The predicted octanol–water partition coefficient (Wildman–Crippen LogP) is 1.90. The second-order valence-corrected chi connectivity index (χ2v) is 9.71. The zero-order valence-electron chi connectivity index (χ0n) is 19.0. The number of hydrogen-bond donors (Lipinski definition) is 3. The molecular weight excluding hydrogens is 526 g/mol. The minimum atomic E-state index is -4.54. The van der Waals surface area contributed by atoms with Crippen LogP contribution < -0.4 is 10.0 Å². The Kier molecular flexibility index (Phi) is 7.36. The molecule has 4 rings (SSSR count). The van der Waals surface area contributed by atoms with Crippen LogP contribution in [0.2, 0.25) is 0 Å². The number of hydrogen-bond acceptors (Lipinski definition) is 9. The average Bonchev–Trinajstić information content (AvgIpc) is 3.57. The number of carbonyl (C=O) groups is 1. The first-order valence-corrected chi connectivity index (χ1v) is 12.1. The summed E-state index contributed by atoms with van der Waals surface area (Å²) in [5, 5.41) is 12.8. The summed E-state index contributed by atoms with van der Waals surface area (Å²) in [5.41, 5.74) is -0.834. The fourth-order valence-electron chi connectivity index (χ4n) is 3.82. The van der Waals surface area contributed by atoms with Gasteiger partial charge in [-0.3, -0.25) is 8.98 Å². The molecule has 0 radical (unpaired) electrons. The van der Waals surface area contributed by atoms with Crippen LogP contribution in [0.5, 0.6) is 0 Å². The van der Waals surface area contributed by atoms with E-state index in [1.165, 1.54) is 29.2 Å². The molecule has 37 heavy (non-hydrogen) atoms. The van der Waals surface area contributed by atoms with Gasteiger partial charge < -0.3 is 19.4 Å². The molecule has 11 nitrogen and oxygen atoms in total. The Morgan fingerprint density at radius 3 is 2.81 bits per heavy atom. The summed E-state index contributed by atoms with van der Waals surface area (Å²) in [6, 6.07) is 1.15. The van der Waals surface area contributed by atoms with Gasteiger partial charge in [-0.15, -0.1) is 0 Å². The van der Waals surface area contributed by atoms with Crippen molar-refractivity contribution in [3.63, 3.8) is 0 Å². The van der Waals surface area contributed by atoms with Crippen LogP contribution in [-0.4, -0.2) is 65.3 Å². The van der Waals surface area contributed by atoms with E-state index in [0.29, 0.717) is 6.26 Å². The van der Waals surface area contributed by atoms with Crippen LogP contribution in [0.3, 0.4) is 0 Å². The van der Waals surface area contributed by atoms with Crippen LogP contribution >= 0.6 is 0 Å². The number of rotatable bonds is 9. The quantitative estimate of drug-likeness (QED) is 0.270. The minimum Gasteiger partial charge on any atom is -0.467 e. The number of aliphatic hydroxyl groups excluding tert-OH is 1. The highest BCUT2D eigenvalue weighted by Gasteiger charge is 2.46. The van der Waals surface area contributed by atoms with Gasteiger partial charge in [-0.2, -0.15) is 26.3 Å². The van der Waals surface area contributed by atoms with Crippen molar-refractivity contribution in [2.45, 2.75) is 43.6 Å². The van der Waals surface area contributed by atoms with Crippen molar-refractivity contribution in [1.29, 1.82) is 0 Å². The summed E-state index contributed by atoms with van der Waals surface area (Å²) in [5.74, 6) is -0.611. The van der Waals surface area contributed by atoms with Crippen LogP contribution in [0, 0.1) is 0 Å². The standard InChI is InChI=1S/C21H21F4N5O6S/c1-26-37(33,34)36-16-5-15(17(22)19(16)32)29-20-14(6-27-10-28-20)18(31)11-2-3-30(7-11)8-13-4-12(9-35-13)21(23,24)25/h2-4,6-7,9-10,15-17,19,26,32H,5,8H2,1H3,(H,27,28,29)/t15-,16-,17-,19-/m1/s1. The number of nitrogens with zero attached hydrogens (tertiary/aromatic N) is 3. The van der Waals surface area contributed by atoms with Gasteiger partial charge in [-0.05, 0) is 12.1 Å². The molecule has 3 heterocycles. The number of anilines is 1. The largest absolute Gasteiger partial charge is 0.467 e. The van der Waals surface area contributed by atoms with Crippen molar-refractivity contribution < 1.29 is 44.5 Å². The molecule has 1 fully saturated rings. The van der Waals surface area contributed by atoms with E-state index >= 15 is 0 Å². The summed E-state index contributed by atoms with van der Waals surface area (Å²) in [6.45, 7) is -0.0693. The maximum atomic E-state index is 14.7. The lowest BCUT2D eigenvalue weighted by Gasteiger charge is -2.17. The van der Waals surface area contributed by atoms with E-state index in [2.05, 4.69) is 15.3 Å². The van der Waals surface area contributed by atoms with Gasteiger partial charge in [0.05, 0.1) is 23.7 Å². The molecule has 0 spiro atoms. The molecule has 3 N–H and O–H groups in total. The summed E-state index contributed by atoms with van der Waals surface area (Å²) in [7, 11) is -3.09. The Hall–Kier alpha value is -3.34. The molecule has 1 saturated carbocycles. The van der Waals surface area contributed by atoms with Gasteiger partial charge in [0.15, 0.2) is 5.78 Å². The third kappa shape index (κ3) is 5.98. The molecule has 3 aromatic heterocycles. The molecule has 0 amide bonds. The number of nitrogens with one attached hydrogen (secondary N) is 2. The van der Waals surface area contributed by atoms with Gasteiger partial charge in [0.1, 0.15) is 42.5 Å². The number of aromatic nitrogens is 3. The van der Waals surface area contributed by atoms with Crippen molar-refractivity contribution in [3.05, 3.63) is 65.8 Å². The van der Waals surface area contributed by atoms with Crippen LogP contribution in [-0.2, 0) is 27.2 Å². The van der Waals surface area contributed by atoms with Crippen molar-refractivity contribution >= 4 is 21.9 Å². The summed E-state index contributed by atoms with van der Waals surface area (Å²) >= 11 is 0. The predicted molar refractivity (Wildman–Crippen MR) is 118 cm³/mol. The van der Waals surface area contributed by atoms with Gasteiger partial charge in [0.2, 0.25) is 0 Å². The number of carbonyl (C=O) groups excluding carboxylic acids is 1. The van der Waals surface area contributed by atoms with Crippen molar-refractivity contribution in [1.82, 2.24) is 19.3 Å². The minimum absolute atomic E-state index is 0.0261. The fourth-order valence-corrected chi connectivity index (χ4v) is 4.43. The Morgan fingerprint density at radius 2 is 2.14 bits per heavy atom. The maximum Gasteiger partial charge on any atom is 0.419 e. The number of alkyl halides is 4. The second-order valence-electron chi connectivity index (χ2n) is 8.20. The van der Waals surface area contributed by atoms with Gasteiger partial charge in [0, 0.05) is 37.6 Å². The van der Waals surface area contributed by atoms with E-state index in [1.54, 1.807) is 0 Å². The van der Waals surface area contributed by atoms with Crippen LogP contribution in [0.25, 0.3) is 0 Å². The first-order chi connectivity index (χ1) is 17.4. The topological polar surface area (TPSA) is 149 Å². The first kappa shape index (κ1) is 26.7. The molecule has 3 aromatic rings. The molecule has 1 aliphatic rings. The third-order valence-corrected chi connectivity index (χ3v) is 6.69. The lowest BCUT2D eigenvalue weighted by atomic mass is 10.1. The molecule has 1 aliphatic carbocycles. The number of ketones is 1. The Balaban J connectivity index is 1.48. The molecule has 200 valence electrons. The normalized spacial score (nSPS) is 22.3. The third-order valence-electron chi connectivity index (χ3n) is 5.69. The number of aliphatic hydroxyl groups is 1. The number of halogens is 4. The van der Waals surface area contributed by atoms with Gasteiger partial charge in [-0.25, -0.2) is 14.4 Å². The van der Waals surface area contributed by atoms with E-state index in [0.717, 1.165) is 19.4 Å². The summed E-state index contributed by atoms with van der Waals surface area (Å²) in [4.78, 5) is 20.9. The first-order valence-electron chi connectivity index (χ1n) is 10.7. The molecule has 0 bridgehead atoms. The molecule has 0 aromatic carbocycles.